The highest BCUT2D eigenvalue weighted by Crippen LogP contribution is 2.34. The van der Waals surface area contributed by atoms with Gasteiger partial charge in [-0.05, 0) is 37.1 Å². The van der Waals surface area contributed by atoms with E-state index in [1.165, 1.54) is 4.90 Å². The van der Waals surface area contributed by atoms with Crippen LogP contribution in [0.25, 0.3) is 5.57 Å². The van der Waals surface area contributed by atoms with Crippen LogP contribution in [-0.2, 0) is 16.1 Å². The molecule has 0 radical (unpaired) electrons. The third-order valence-corrected chi connectivity index (χ3v) is 5.42. The lowest BCUT2D eigenvalue weighted by Crippen LogP contribution is -2.33. The summed E-state index contributed by atoms with van der Waals surface area (Å²) in [5.41, 5.74) is 5.62. The zero-order valence-corrected chi connectivity index (χ0v) is 17.4. The van der Waals surface area contributed by atoms with Gasteiger partial charge in [0.05, 0.1) is 12.1 Å². The number of benzene rings is 3. The third kappa shape index (κ3) is 3.64. The summed E-state index contributed by atoms with van der Waals surface area (Å²) in [5, 5.41) is 0. The Morgan fingerprint density at radius 3 is 1.90 bits per heavy atom. The Hall–Kier alpha value is -3.66. The van der Waals surface area contributed by atoms with Gasteiger partial charge in [0.25, 0.3) is 11.8 Å². The fourth-order valence-corrected chi connectivity index (χ4v) is 3.66. The quantitative estimate of drug-likeness (QED) is 0.586. The number of carbonyl (C=O) groups is 2. The molecule has 4 nitrogen and oxygen atoms in total. The third-order valence-electron chi connectivity index (χ3n) is 5.42. The molecule has 0 fully saturated rings. The van der Waals surface area contributed by atoms with Gasteiger partial charge in [0.2, 0.25) is 0 Å². The van der Waals surface area contributed by atoms with E-state index in [9.17, 15) is 9.59 Å². The molecule has 0 atom stereocenters. The van der Waals surface area contributed by atoms with Crippen molar-refractivity contribution in [3.63, 3.8) is 0 Å². The van der Waals surface area contributed by atoms with Crippen LogP contribution in [0.3, 0.4) is 0 Å². The molecular formula is C26H24N2O2. The molecule has 1 heterocycles. The van der Waals surface area contributed by atoms with Crippen LogP contribution in [0.2, 0.25) is 0 Å². The lowest BCUT2D eigenvalue weighted by molar-refractivity contribution is -0.137. The molecule has 4 rings (SSSR count). The average Bonchev–Trinajstić information content (AvgIpc) is 3.00. The number of para-hydroxylation sites is 1. The van der Waals surface area contributed by atoms with E-state index in [0.717, 1.165) is 27.9 Å². The molecule has 0 spiro atoms. The van der Waals surface area contributed by atoms with Crippen molar-refractivity contribution in [3.05, 3.63) is 107 Å². The molecule has 0 unspecified atom stereocenters. The highest BCUT2D eigenvalue weighted by molar-refractivity contribution is 6.36. The van der Waals surface area contributed by atoms with Gasteiger partial charge < -0.3 is 4.90 Å². The summed E-state index contributed by atoms with van der Waals surface area (Å²) < 4.78 is 0. The van der Waals surface area contributed by atoms with Crippen molar-refractivity contribution in [2.24, 2.45) is 0 Å². The zero-order chi connectivity index (χ0) is 21.3. The normalized spacial score (nSPS) is 13.9. The van der Waals surface area contributed by atoms with Crippen LogP contribution in [0.15, 0.2) is 84.6 Å². The molecule has 1 aliphatic rings. The van der Waals surface area contributed by atoms with Crippen molar-refractivity contribution in [2.45, 2.75) is 20.4 Å². The maximum Gasteiger partial charge on any atom is 0.278 e. The van der Waals surface area contributed by atoms with Crippen molar-refractivity contribution in [2.75, 3.05) is 11.9 Å². The predicted molar refractivity (Wildman–Crippen MR) is 120 cm³/mol. The number of carbonyl (C=O) groups excluding carboxylic acids is 2. The Morgan fingerprint density at radius 1 is 0.733 bits per heavy atom. The summed E-state index contributed by atoms with van der Waals surface area (Å²) in [6.07, 6.45) is 0. The van der Waals surface area contributed by atoms with E-state index in [1.807, 2.05) is 105 Å². The number of nitrogens with zero attached hydrogens (tertiary/aromatic N) is 2. The minimum atomic E-state index is -0.275. The Balaban J connectivity index is 1.78. The van der Waals surface area contributed by atoms with Crippen molar-refractivity contribution >= 4 is 23.1 Å². The van der Waals surface area contributed by atoms with Crippen molar-refractivity contribution in [1.82, 2.24) is 4.90 Å². The summed E-state index contributed by atoms with van der Waals surface area (Å²) in [5.74, 6) is -0.537. The number of amides is 2. The first-order valence-electron chi connectivity index (χ1n) is 9.97. The van der Waals surface area contributed by atoms with Crippen LogP contribution in [0.5, 0.6) is 0 Å². The number of rotatable bonds is 5. The van der Waals surface area contributed by atoms with Crippen molar-refractivity contribution in [1.29, 1.82) is 0 Å². The molecule has 3 aromatic carbocycles. The van der Waals surface area contributed by atoms with E-state index in [1.54, 1.807) is 0 Å². The number of hydrogen-bond acceptors (Lipinski definition) is 3. The molecule has 0 saturated heterocycles. The Kier molecular flexibility index (Phi) is 5.23. The largest absolute Gasteiger partial charge is 0.339 e. The molecular weight excluding hydrogens is 372 g/mol. The van der Waals surface area contributed by atoms with E-state index < -0.39 is 0 Å². The molecule has 0 aliphatic carbocycles. The molecule has 30 heavy (non-hydrogen) atoms. The minimum Gasteiger partial charge on any atom is -0.339 e. The van der Waals surface area contributed by atoms with Crippen LogP contribution in [0.4, 0.5) is 5.69 Å². The average molecular weight is 396 g/mol. The minimum absolute atomic E-state index is 0.249. The molecule has 3 aromatic rings. The summed E-state index contributed by atoms with van der Waals surface area (Å²) >= 11 is 0. The van der Waals surface area contributed by atoms with Gasteiger partial charge in [-0.2, -0.15) is 0 Å². The lowest BCUT2D eigenvalue weighted by atomic mass is 10.0. The molecule has 0 N–H and O–H groups in total. The van der Waals surface area contributed by atoms with E-state index in [4.69, 9.17) is 0 Å². The summed E-state index contributed by atoms with van der Waals surface area (Å²) in [7, 11) is 1.83. The van der Waals surface area contributed by atoms with E-state index in [-0.39, 0.29) is 18.4 Å². The lowest BCUT2D eigenvalue weighted by Gasteiger charge is -2.21. The molecule has 0 aromatic heterocycles. The van der Waals surface area contributed by atoms with Crippen LogP contribution < -0.4 is 4.90 Å². The molecule has 0 bridgehead atoms. The highest BCUT2D eigenvalue weighted by atomic mass is 16.2. The smallest absolute Gasteiger partial charge is 0.278 e. The number of hydrogen-bond donors (Lipinski definition) is 0. The van der Waals surface area contributed by atoms with E-state index in [2.05, 4.69) is 0 Å². The van der Waals surface area contributed by atoms with Crippen molar-refractivity contribution < 1.29 is 9.59 Å². The first-order valence-corrected chi connectivity index (χ1v) is 9.97. The number of anilines is 1. The molecule has 4 heteroatoms. The summed E-state index contributed by atoms with van der Waals surface area (Å²) in [6, 6.07) is 25.3. The fraction of sp³-hybridized carbons (Fsp3) is 0.154. The van der Waals surface area contributed by atoms with Crippen LogP contribution in [-0.4, -0.2) is 23.8 Å². The molecule has 2 amide bonds. The first-order chi connectivity index (χ1) is 14.5. The topological polar surface area (TPSA) is 40.6 Å². The van der Waals surface area contributed by atoms with Gasteiger partial charge in [-0.15, -0.1) is 0 Å². The van der Waals surface area contributed by atoms with E-state index in [0.29, 0.717) is 11.3 Å². The monoisotopic (exact) mass is 396 g/mol. The van der Waals surface area contributed by atoms with Gasteiger partial charge in [0.1, 0.15) is 5.70 Å². The Labute approximate surface area is 177 Å². The second kappa shape index (κ2) is 7.99. The van der Waals surface area contributed by atoms with Gasteiger partial charge in [0, 0.05) is 12.7 Å². The first kappa shape index (κ1) is 19.6. The highest BCUT2D eigenvalue weighted by Gasteiger charge is 2.41. The maximum atomic E-state index is 13.5. The van der Waals surface area contributed by atoms with E-state index >= 15 is 0 Å². The number of imide groups is 1. The van der Waals surface area contributed by atoms with Crippen LogP contribution in [0, 0.1) is 13.8 Å². The number of aryl methyl sites for hydroxylation is 2. The fourth-order valence-electron chi connectivity index (χ4n) is 3.66. The van der Waals surface area contributed by atoms with Gasteiger partial charge in [-0.25, -0.2) is 0 Å². The summed E-state index contributed by atoms with van der Waals surface area (Å²) in [6.45, 7) is 4.26. The Bertz CT molecular complexity index is 1110. The van der Waals surface area contributed by atoms with Crippen LogP contribution >= 0.6 is 0 Å². The van der Waals surface area contributed by atoms with Crippen LogP contribution in [0.1, 0.15) is 22.3 Å². The Morgan fingerprint density at radius 2 is 1.30 bits per heavy atom. The van der Waals surface area contributed by atoms with Gasteiger partial charge in [-0.1, -0.05) is 77.9 Å². The van der Waals surface area contributed by atoms with Gasteiger partial charge in [0.15, 0.2) is 0 Å². The van der Waals surface area contributed by atoms with Gasteiger partial charge >= 0.3 is 0 Å². The number of likely N-dealkylation sites (N-methyl/N-ethyl adjacent to an activating group) is 1. The predicted octanol–water partition coefficient (Wildman–Crippen LogP) is 4.72. The second-order valence-electron chi connectivity index (χ2n) is 7.67. The second-order valence-corrected chi connectivity index (χ2v) is 7.67. The molecule has 1 aliphatic heterocycles. The zero-order valence-electron chi connectivity index (χ0n) is 17.4. The maximum absolute atomic E-state index is 13.5. The molecule has 0 saturated carbocycles. The molecule has 150 valence electrons. The summed E-state index contributed by atoms with van der Waals surface area (Å²) in [4.78, 5) is 30.0. The van der Waals surface area contributed by atoms with Gasteiger partial charge in [-0.3, -0.25) is 14.5 Å². The standard InChI is InChI=1S/C26H24N2O2/c1-18-9-13-20(14-10-18)17-28-25(29)23(21-15-11-19(2)12-16-21)24(26(28)30)27(3)22-7-5-4-6-8-22/h4-16H,17H2,1-3H3. The SMILES string of the molecule is Cc1ccc(CN2C(=O)C(c3ccc(C)cc3)=C(N(C)c3ccccc3)C2=O)cc1. The van der Waals surface area contributed by atoms with Crippen molar-refractivity contribution in [3.8, 4) is 0 Å².